The van der Waals surface area contributed by atoms with Crippen LogP contribution in [0, 0.1) is 5.41 Å². The van der Waals surface area contributed by atoms with Crippen LogP contribution in [0.25, 0.3) is 0 Å². The molecule has 3 saturated heterocycles. The predicted molar refractivity (Wildman–Crippen MR) is 97.7 cm³/mol. The molecule has 3 fully saturated rings. The van der Waals surface area contributed by atoms with Crippen LogP contribution < -0.4 is 20.9 Å². The molecule has 3 aliphatic rings. The molecule has 3 aliphatic heterocycles. The summed E-state index contributed by atoms with van der Waals surface area (Å²) in [5.41, 5.74) is 5.74. The number of piperidine rings is 1. The van der Waals surface area contributed by atoms with E-state index in [1.54, 1.807) is 0 Å². The minimum Gasteiger partial charge on any atom is -0.368 e. The molecular weight excluding hydrogens is 318 g/mol. The van der Waals surface area contributed by atoms with Gasteiger partial charge in [0.2, 0.25) is 11.9 Å². The van der Waals surface area contributed by atoms with Crippen molar-refractivity contribution in [3.63, 3.8) is 0 Å². The third kappa shape index (κ3) is 3.10. The first-order valence-corrected chi connectivity index (χ1v) is 9.17. The third-order valence-corrected chi connectivity index (χ3v) is 5.82. The second kappa shape index (κ2) is 6.33. The monoisotopic (exact) mass is 345 g/mol. The minimum absolute atomic E-state index is 0.197. The van der Waals surface area contributed by atoms with Crippen molar-refractivity contribution in [2.45, 2.75) is 19.3 Å². The van der Waals surface area contributed by atoms with Gasteiger partial charge in [0.1, 0.15) is 11.6 Å². The number of aromatic nitrogens is 2. The third-order valence-electron chi connectivity index (χ3n) is 5.82. The van der Waals surface area contributed by atoms with Gasteiger partial charge in [-0.25, -0.2) is 0 Å². The molecule has 3 N–H and O–H groups in total. The Labute approximate surface area is 148 Å². The van der Waals surface area contributed by atoms with Crippen LogP contribution in [0.5, 0.6) is 0 Å². The van der Waals surface area contributed by atoms with E-state index in [2.05, 4.69) is 37.0 Å². The summed E-state index contributed by atoms with van der Waals surface area (Å²) in [6, 6.07) is 2.03. The average Bonchev–Trinajstić information content (AvgIpc) is 3.03. The molecule has 0 aliphatic carbocycles. The Morgan fingerprint density at radius 1 is 1.08 bits per heavy atom. The first-order valence-electron chi connectivity index (χ1n) is 9.17. The Morgan fingerprint density at radius 2 is 1.80 bits per heavy atom. The van der Waals surface area contributed by atoms with Gasteiger partial charge in [-0.1, -0.05) is 0 Å². The topological polar surface area (TPSA) is 90.6 Å². The molecule has 1 spiro atoms. The number of carbonyl (C=O) groups excluding carboxylic acids is 1. The van der Waals surface area contributed by atoms with Gasteiger partial charge in [0.05, 0.1) is 5.41 Å². The van der Waals surface area contributed by atoms with E-state index >= 15 is 0 Å². The zero-order valence-electron chi connectivity index (χ0n) is 14.9. The zero-order chi connectivity index (χ0) is 17.4. The van der Waals surface area contributed by atoms with Crippen molar-refractivity contribution in [2.24, 2.45) is 5.41 Å². The fourth-order valence-corrected chi connectivity index (χ4v) is 4.19. The Morgan fingerprint density at radius 3 is 2.52 bits per heavy atom. The molecule has 4 rings (SSSR count). The van der Waals surface area contributed by atoms with Crippen LogP contribution >= 0.6 is 0 Å². The van der Waals surface area contributed by atoms with E-state index in [0.29, 0.717) is 5.95 Å². The maximum absolute atomic E-state index is 12.4. The maximum Gasteiger partial charge on any atom is 0.228 e. The zero-order valence-corrected chi connectivity index (χ0v) is 14.9. The van der Waals surface area contributed by atoms with E-state index in [1.807, 2.05) is 6.07 Å². The van der Waals surface area contributed by atoms with Gasteiger partial charge < -0.3 is 25.8 Å². The van der Waals surface area contributed by atoms with Crippen LogP contribution in [0.15, 0.2) is 6.07 Å². The maximum atomic E-state index is 12.4. The summed E-state index contributed by atoms with van der Waals surface area (Å²) in [6.45, 7) is 6.29. The van der Waals surface area contributed by atoms with Crippen molar-refractivity contribution in [3.8, 4) is 0 Å². The number of nitrogens with two attached hydrogens (primary N) is 1. The summed E-state index contributed by atoms with van der Waals surface area (Å²) in [5.74, 6) is 2.24. The second-order valence-electron chi connectivity index (χ2n) is 7.54. The van der Waals surface area contributed by atoms with E-state index in [0.717, 1.165) is 76.7 Å². The average molecular weight is 345 g/mol. The summed E-state index contributed by atoms with van der Waals surface area (Å²) in [5, 5.41) is 3.03. The molecule has 0 radical (unpaired) electrons. The summed E-state index contributed by atoms with van der Waals surface area (Å²) < 4.78 is 0. The normalized spacial score (nSPS) is 27.8. The van der Waals surface area contributed by atoms with E-state index in [1.165, 1.54) is 0 Å². The lowest BCUT2D eigenvalue weighted by molar-refractivity contribution is -0.132. The van der Waals surface area contributed by atoms with Gasteiger partial charge in [-0.2, -0.15) is 9.97 Å². The Bertz CT molecular complexity index is 658. The van der Waals surface area contributed by atoms with E-state index in [4.69, 9.17) is 5.73 Å². The summed E-state index contributed by atoms with van der Waals surface area (Å²) in [4.78, 5) is 28.1. The SMILES string of the molecule is CN1CCN(c2cc(N3CCC4(CCCNC4=O)C3)nc(N)n2)CC1. The number of nitrogen functional groups attached to an aromatic ring is 1. The molecule has 8 heteroatoms. The molecule has 4 heterocycles. The minimum atomic E-state index is -0.258. The molecule has 0 aromatic carbocycles. The molecule has 1 aromatic heterocycles. The molecule has 0 bridgehead atoms. The van der Waals surface area contributed by atoms with Crippen LogP contribution in [-0.4, -0.2) is 73.6 Å². The summed E-state index contributed by atoms with van der Waals surface area (Å²) in [6.07, 6.45) is 2.89. The molecule has 0 saturated carbocycles. The van der Waals surface area contributed by atoms with Crippen LogP contribution in [0.4, 0.5) is 17.6 Å². The van der Waals surface area contributed by atoms with Crippen LogP contribution in [-0.2, 0) is 4.79 Å². The highest BCUT2D eigenvalue weighted by molar-refractivity contribution is 5.84. The first-order chi connectivity index (χ1) is 12.1. The molecule has 1 amide bonds. The number of rotatable bonds is 2. The number of amides is 1. The molecule has 1 aromatic rings. The number of nitrogens with one attached hydrogen (secondary N) is 1. The highest BCUT2D eigenvalue weighted by Crippen LogP contribution is 2.39. The van der Waals surface area contributed by atoms with Crippen LogP contribution in [0.3, 0.4) is 0 Å². The van der Waals surface area contributed by atoms with Gasteiger partial charge in [0, 0.05) is 51.9 Å². The number of piperazine rings is 1. The van der Waals surface area contributed by atoms with Crippen LogP contribution in [0.1, 0.15) is 19.3 Å². The van der Waals surface area contributed by atoms with Crippen molar-refractivity contribution < 1.29 is 4.79 Å². The predicted octanol–water partition coefficient (Wildman–Crippen LogP) is -0.0829. The molecule has 1 atom stereocenters. The standard InChI is InChI=1S/C17H27N7O/c1-22-7-9-23(10-8-22)13-11-14(21-16(18)20-13)24-6-4-17(12-24)3-2-5-19-15(17)25/h11H,2-10,12H2,1H3,(H,19,25)(H2,18,20,21). The van der Waals surface area contributed by atoms with Crippen molar-refractivity contribution in [2.75, 3.05) is 68.4 Å². The number of hydrogen-bond donors (Lipinski definition) is 2. The van der Waals surface area contributed by atoms with Crippen molar-refractivity contribution in [3.05, 3.63) is 6.07 Å². The van der Waals surface area contributed by atoms with Gasteiger partial charge in [-0.15, -0.1) is 0 Å². The fourth-order valence-electron chi connectivity index (χ4n) is 4.19. The van der Waals surface area contributed by atoms with Crippen molar-refractivity contribution in [1.82, 2.24) is 20.2 Å². The lowest BCUT2D eigenvalue weighted by Crippen LogP contribution is -2.47. The lowest BCUT2D eigenvalue weighted by Gasteiger charge is -2.34. The van der Waals surface area contributed by atoms with E-state index < -0.39 is 0 Å². The number of hydrogen-bond acceptors (Lipinski definition) is 7. The van der Waals surface area contributed by atoms with Gasteiger partial charge in [0.25, 0.3) is 0 Å². The smallest absolute Gasteiger partial charge is 0.228 e. The van der Waals surface area contributed by atoms with Crippen molar-refractivity contribution >= 4 is 23.5 Å². The highest BCUT2D eigenvalue weighted by atomic mass is 16.2. The van der Waals surface area contributed by atoms with E-state index in [-0.39, 0.29) is 11.3 Å². The second-order valence-corrected chi connectivity index (χ2v) is 7.54. The molecule has 8 nitrogen and oxygen atoms in total. The van der Waals surface area contributed by atoms with Gasteiger partial charge in [-0.3, -0.25) is 4.79 Å². The van der Waals surface area contributed by atoms with Crippen molar-refractivity contribution in [1.29, 1.82) is 0 Å². The summed E-state index contributed by atoms with van der Waals surface area (Å²) in [7, 11) is 2.13. The molecular formula is C17H27N7O. The number of nitrogens with zero attached hydrogens (tertiary/aromatic N) is 5. The van der Waals surface area contributed by atoms with Gasteiger partial charge in [0.15, 0.2) is 0 Å². The number of likely N-dealkylation sites (N-methyl/N-ethyl adjacent to an activating group) is 1. The number of anilines is 3. The molecule has 25 heavy (non-hydrogen) atoms. The fraction of sp³-hybridized carbons (Fsp3) is 0.706. The highest BCUT2D eigenvalue weighted by Gasteiger charge is 2.46. The quantitative estimate of drug-likeness (QED) is 0.774. The van der Waals surface area contributed by atoms with Crippen LogP contribution in [0.2, 0.25) is 0 Å². The molecule has 136 valence electrons. The van der Waals surface area contributed by atoms with E-state index in [9.17, 15) is 4.79 Å². The largest absolute Gasteiger partial charge is 0.368 e. The Hall–Kier alpha value is -2.09. The summed E-state index contributed by atoms with van der Waals surface area (Å²) >= 11 is 0. The van der Waals surface area contributed by atoms with Gasteiger partial charge >= 0.3 is 0 Å². The Kier molecular flexibility index (Phi) is 4.15. The first kappa shape index (κ1) is 16.4. The lowest BCUT2D eigenvalue weighted by atomic mass is 9.79. The Balaban J connectivity index is 1.54. The van der Waals surface area contributed by atoms with Gasteiger partial charge in [-0.05, 0) is 26.3 Å². The number of carbonyl (C=O) groups is 1. The molecule has 1 unspecified atom stereocenters.